The fraction of sp³-hybridized carbons (Fsp3) is 0.731. The second-order valence-electron chi connectivity index (χ2n) is 11.2. The molecule has 0 aliphatic carbocycles. The molecular formula is C26H44NO6P. The Hall–Kier alpha value is -1.40. The third-order valence-corrected chi connectivity index (χ3v) is 7.02. The molecule has 1 aliphatic heterocycles. The van der Waals surface area contributed by atoms with Crippen LogP contribution in [0.1, 0.15) is 91.7 Å². The van der Waals surface area contributed by atoms with E-state index in [-0.39, 0.29) is 13.2 Å². The number of phosphoric ester groups is 1. The first-order valence-corrected chi connectivity index (χ1v) is 13.9. The molecule has 0 aromatic heterocycles. The van der Waals surface area contributed by atoms with Gasteiger partial charge in [0.05, 0.1) is 24.4 Å². The topological polar surface area (TPSA) is 83.1 Å². The van der Waals surface area contributed by atoms with Crippen LogP contribution < -0.4 is 5.32 Å². The highest BCUT2D eigenvalue weighted by molar-refractivity contribution is 7.48. The zero-order valence-corrected chi connectivity index (χ0v) is 23.0. The zero-order valence-electron chi connectivity index (χ0n) is 22.1. The number of alkyl carbamates (subject to hydrolysis) is 1. The Balaban J connectivity index is 1.96. The lowest BCUT2D eigenvalue weighted by molar-refractivity contribution is -0.0282. The van der Waals surface area contributed by atoms with Gasteiger partial charge in [0.2, 0.25) is 0 Å². The van der Waals surface area contributed by atoms with Gasteiger partial charge in [-0.3, -0.25) is 13.6 Å². The van der Waals surface area contributed by atoms with Crippen molar-refractivity contribution >= 4 is 13.9 Å². The summed E-state index contributed by atoms with van der Waals surface area (Å²) in [6.07, 6.45) is 6.33. The van der Waals surface area contributed by atoms with Gasteiger partial charge in [-0.05, 0) is 84.8 Å². The van der Waals surface area contributed by atoms with Crippen LogP contribution in [0.5, 0.6) is 0 Å². The van der Waals surface area contributed by atoms with Crippen molar-refractivity contribution in [2.24, 2.45) is 0 Å². The Kier molecular flexibility index (Phi) is 10.2. The molecular weight excluding hydrogens is 453 g/mol. The largest absolute Gasteiger partial charge is 0.475 e. The standard InChI is InChI=1S/C26H44NO6P/c1-8-9-12-21-14-16-22(17-15-21)13-10-11-18-26(27-23(28)32-24(2,3)4)19-30-34(29,31-20-26)33-25(5,6)7/h14-17H,8-13,18-20H2,1-7H3,(H,27,28). The fourth-order valence-corrected chi connectivity index (χ4v) is 5.38. The number of hydrogen-bond donors (Lipinski definition) is 1. The van der Waals surface area contributed by atoms with Crippen LogP contribution in [0.4, 0.5) is 4.79 Å². The Morgan fingerprint density at radius 2 is 1.47 bits per heavy atom. The maximum Gasteiger partial charge on any atom is 0.475 e. The number of rotatable bonds is 10. The van der Waals surface area contributed by atoms with Crippen LogP contribution in [0.15, 0.2) is 24.3 Å². The number of carbonyl (C=O) groups excluding carboxylic acids is 1. The van der Waals surface area contributed by atoms with Crippen molar-refractivity contribution in [2.75, 3.05) is 13.2 Å². The molecule has 1 N–H and O–H groups in total. The van der Waals surface area contributed by atoms with E-state index < -0.39 is 30.7 Å². The Morgan fingerprint density at radius 3 is 1.94 bits per heavy atom. The molecule has 7 nitrogen and oxygen atoms in total. The molecule has 1 fully saturated rings. The Labute approximate surface area is 205 Å². The molecule has 0 unspecified atom stereocenters. The predicted molar refractivity (Wildman–Crippen MR) is 135 cm³/mol. The van der Waals surface area contributed by atoms with Gasteiger partial charge in [0, 0.05) is 0 Å². The molecule has 1 saturated heterocycles. The molecule has 0 spiro atoms. The van der Waals surface area contributed by atoms with Crippen molar-refractivity contribution in [1.29, 1.82) is 0 Å². The van der Waals surface area contributed by atoms with Crippen molar-refractivity contribution in [3.63, 3.8) is 0 Å². The van der Waals surface area contributed by atoms with Crippen LogP contribution in [0, 0.1) is 0 Å². The van der Waals surface area contributed by atoms with Crippen molar-refractivity contribution in [1.82, 2.24) is 5.32 Å². The molecule has 1 heterocycles. The summed E-state index contributed by atoms with van der Waals surface area (Å²) in [4.78, 5) is 12.5. The molecule has 8 heteroatoms. The van der Waals surface area contributed by atoms with Crippen LogP contribution in [-0.2, 0) is 35.7 Å². The van der Waals surface area contributed by atoms with Gasteiger partial charge in [-0.2, -0.15) is 0 Å². The van der Waals surface area contributed by atoms with Crippen LogP contribution in [0.25, 0.3) is 0 Å². The van der Waals surface area contributed by atoms with Gasteiger partial charge in [-0.1, -0.05) is 44.0 Å². The number of unbranched alkanes of at least 4 members (excludes halogenated alkanes) is 2. The zero-order chi connectivity index (χ0) is 25.5. The predicted octanol–water partition coefficient (Wildman–Crippen LogP) is 6.98. The lowest BCUT2D eigenvalue weighted by Crippen LogP contribution is -2.57. The summed E-state index contributed by atoms with van der Waals surface area (Å²) < 4.78 is 35.0. The maximum atomic E-state index is 12.8. The normalized spacial score (nSPS) is 23.5. The van der Waals surface area contributed by atoms with E-state index in [1.54, 1.807) is 20.8 Å². The van der Waals surface area contributed by atoms with E-state index in [9.17, 15) is 9.36 Å². The summed E-state index contributed by atoms with van der Waals surface area (Å²) in [5.74, 6) is 0. The van der Waals surface area contributed by atoms with Gasteiger partial charge in [0.25, 0.3) is 0 Å². The van der Waals surface area contributed by atoms with E-state index >= 15 is 0 Å². The van der Waals surface area contributed by atoms with Gasteiger partial charge in [0.15, 0.2) is 0 Å². The fourth-order valence-electron chi connectivity index (χ4n) is 3.72. The molecule has 2 rings (SSSR count). The second kappa shape index (κ2) is 12.0. The highest BCUT2D eigenvalue weighted by Crippen LogP contribution is 2.56. The summed E-state index contributed by atoms with van der Waals surface area (Å²) in [6.45, 7) is 13.1. The average molecular weight is 498 g/mol. The van der Waals surface area contributed by atoms with Gasteiger partial charge in [0.1, 0.15) is 5.60 Å². The summed E-state index contributed by atoms with van der Waals surface area (Å²) in [6, 6.07) is 8.83. The molecule has 0 radical (unpaired) electrons. The first kappa shape index (κ1) is 28.8. The van der Waals surface area contributed by atoms with Crippen molar-refractivity contribution in [2.45, 2.75) is 110 Å². The molecule has 0 atom stereocenters. The van der Waals surface area contributed by atoms with Gasteiger partial charge < -0.3 is 10.1 Å². The van der Waals surface area contributed by atoms with E-state index in [1.165, 1.54) is 24.0 Å². The van der Waals surface area contributed by atoms with Gasteiger partial charge >= 0.3 is 13.9 Å². The summed E-state index contributed by atoms with van der Waals surface area (Å²) in [5.41, 5.74) is 0.537. The molecule has 1 aromatic carbocycles. The molecule has 1 amide bonds. The first-order valence-electron chi connectivity index (χ1n) is 12.4. The lowest BCUT2D eigenvalue weighted by atomic mass is 9.93. The van der Waals surface area contributed by atoms with E-state index in [2.05, 4.69) is 36.5 Å². The van der Waals surface area contributed by atoms with E-state index in [4.69, 9.17) is 18.3 Å². The van der Waals surface area contributed by atoms with Crippen molar-refractivity contribution < 1.29 is 27.7 Å². The van der Waals surface area contributed by atoms with Gasteiger partial charge in [-0.15, -0.1) is 0 Å². The number of aryl methyl sites for hydroxylation is 2. The average Bonchev–Trinajstić information content (AvgIpc) is 2.70. The third kappa shape index (κ3) is 10.5. The first-order chi connectivity index (χ1) is 15.7. The quantitative estimate of drug-likeness (QED) is 0.277. The lowest BCUT2D eigenvalue weighted by Gasteiger charge is -2.41. The minimum absolute atomic E-state index is 0.0335. The van der Waals surface area contributed by atoms with Gasteiger partial charge in [-0.25, -0.2) is 9.36 Å². The Morgan fingerprint density at radius 1 is 0.941 bits per heavy atom. The highest BCUT2D eigenvalue weighted by Gasteiger charge is 2.46. The number of carbonyl (C=O) groups is 1. The maximum absolute atomic E-state index is 12.8. The van der Waals surface area contributed by atoms with E-state index in [0.717, 1.165) is 25.7 Å². The minimum atomic E-state index is -3.69. The number of phosphoric acid groups is 1. The van der Waals surface area contributed by atoms with Crippen molar-refractivity contribution in [3.05, 3.63) is 35.4 Å². The molecule has 1 aromatic rings. The molecule has 0 saturated carbocycles. The number of nitrogens with one attached hydrogen (secondary N) is 1. The number of amides is 1. The van der Waals surface area contributed by atoms with E-state index in [1.807, 2.05) is 20.8 Å². The molecule has 0 bridgehead atoms. The highest BCUT2D eigenvalue weighted by atomic mass is 31.2. The number of ether oxygens (including phenoxy) is 1. The summed E-state index contributed by atoms with van der Waals surface area (Å²) in [5, 5.41) is 2.93. The minimum Gasteiger partial charge on any atom is -0.444 e. The second-order valence-corrected chi connectivity index (χ2v) is 12.8. The smallest absolute Gasteiger partial charge is 0.444 e. The van der Waals surface area contributed by atoms with Crippen LogP contribution >= 0.6 is 7.82 Å². The molecule has 1 aliphatic rings. The third-order valence-electron chi connectivity index (χ3n) is 5.36. The monoisotopic (exact) mass is 497 g/mol. The number of benzene rings is 1. The SMILES string of the molecule is CCCCc1ccc(CCCCC2(NC(=O)OC(C)(C)C)COP(=O)(OC(C)(C)C)OC2)cc1. The summed E-state index contributed by atoms with van der Waals surface area (Å²) in [7, 11) is -3.69. The number of hydrogen-bond acceptors (Lipinski definition) is 6. The Bertz CT molecular complexity index is 813. The molecule has 34 heavy (non-hydrogen) atoms. The van der Waals surface area contributed by atoms with Crippen molar-refractivity contribution in [3.8, 4) is 0 Å². The molecule has 194 valence electrons. The van der Waals surface area contributed by atoms with E-state index in [0.29, 0.717) is 6.42 Å². The van der Waals surface area contributed by atoms with Crippen LogP contribution in [0.3, 0.4) is 0 Å². The van der Waals surface area contributed by atoms with Crippen LogP contribution in [-0.4, -0.2) is 36.0 Å². The summed E-state index contributed by atoms with van der Waals surface area (Å²) >= 11 is 0. The van der Waals surface area contributed by atoms with Crippen LogP contribution in [0.2, 0.25) is 0 Å².